The van der Waals surface area contributed by atoms with E-state index in [2.05, 4.69) is 46.5 Å². The van der Waals surface area contributed by atoms with Crippen LogP contribution in [-0.4, -0.2) is 17.9 Å². The molecule has 0 amide bonds. The van der Waals surface area contributed by atoms with Crippen LogP contribution in [0.2, 0.25) is 0 Å². The van der Waals surface area contributed by atoms with Crippen molar-refractivity contribution in [3.05, 3.63) is 29.6 Å². The zero-order chi connectivity index (χ0) is 17.3. The van der Waals surface area contributed by atoms with Crippen molar-refractivity contribution < 1.29 is 4.79 Å². The number of carbonyl (C=O) groups excluding carboxylic acids is 1. The summed E-state index contributed by atoms with van der Waals surface area (Å²) in [5, 5.41) is 0. The second-order valence-electron chi connectivity index (χ2n) is 6.91. The highest BCUT2D eigenvalue weighted by molar-refractivity contribution is 6.74. The van der Waals surface area contributed by atoms with Crippen molar-refractivity contribution in [2.45, 2.75) is 67.6 Å². The lowest BCUT2D eigenvalue weighted by Gasteiger charge is -2.19. The van der Waals surface area contributed by atoms with E-state index in [1.807, 2.05) is 19.1 Å². The van der Waals surface area contributed by atoms with E-state index in [1.54, 1.807) is 20.4 Å². The first-order valence-corrected chi connectivity index (χ1v) is 8.46. The topological polar surface area (TPSA) is 30.0 Å². The highest BCUT2D eigenvalue weighted by atomic mass is 16.1. The quantitative estimate of drug-likeness (QED) is 0.690. The molecular weight excluding hydrogens is 269 g/mol. The van der Waals surface area contributed by atoms with Crippen LogP contribution < -0.4 is 0 Å². The molecule has 0 aromatic carbocycles. The maximum absolute atomic E-state index is 11.1. The molecule has 22 heavy (non-hydrogen) atoms. The molecule has 1 aromatic rings. The Hall–Kier alpha value is -1.12. The van der Waals surface area contributed by atoms with E-state index in [4.69, 9.17) is 0 Å². The fraction of sp³-hybridized carbons (Fsp3) is 0.684. The first-order valence-electron chi connectivity index (χ1n) is 8.46. The van der Waals surface area contributed by atoms with Crippen LogP contribution in [0.1, 0.15) is 72.0 Å². The van der Waals surface area contributed by atoms with Gasteiger partial charge in [-0.3, -0.25) is 4.98 Å². The van der Waals surface area contributed by atoms with Crippen molar-refractivity contribution in [1.82, 2.24) is 4.98 Å². The minimum absolute atomic E-state index is 0.128. The van der Waals surface area contributed by atoms with Crippen LogP contribution in [0.15, 0.2) is 18.3 Å². The number of pyridine rings is 1. The number of hydrogen-bond acceptors (Lipinski definition) is 2. The zero-order valence-electron chi connectivity index (χ0n) is 15.7. The number of hydrogen-bond donors (Lipinski definition) is 0. The monoisotopic (exact) mass is 302 g/mol. The van der Waals surface area contributed by atoms with E-state index in [-0.39, 0.29) is 11.5 Å². The predicted molar refractivity (Wildman–Crippen MR) is 97.3 cm³/mol. The van der Waals surface area contributed by atoms with Gasteiger partial charge in [-0.05, 0) is 55.1 Å². The average molecular weight is 302 g/mol. The summed E-state index contributed by atoms with van der Waals surface area (Å²) in [7, 11) is 1.79. The smallest absolute Gasteiger partial charge is 0.210 e. The Morgan fingerprint density at radius 2 is 1.77 bits per heavy atom. The van der Waals surface area contributed by atoms with Crippen molar-refractivity contribution in [3.8, 4) is 0 Å². The molecule has 2 atom stereocenters. The SMILES string of the molecule is CC(=O)[B]C(c1ccnc(C)c1)C(C)C.CCC(C)C(C)C. The summed E-state index contributed by atoms with van der Waals surface area (Å²) in [6.07, 6.45) is 3.12. The number of carbonyl (C=O) groups is 1. The Kier molecular flexibility index (Phi) is 10.0. The highest BCUT2D eigenvalue weighted by Crippen LogP contribution is 2.23. The normalized spacial score (nSPS) is 13.4. The molecule has 0 bridgehead atoms. The molecule has 0 aliphatic heterocycles. The van der Waals surface area contributed by atoms with Crippen LogP contribution in [0.5, 0.6) is 0 Å². The molecule has 0 aliphatic carbocycles. The standard InChI is InChI=1S/C12H17BNO.C7H16/c1-8(2)12(13-10(4)15)11-5-6-14-9(3)7-11;1-5-7(4)6(2)3/h5-8,12H,1-4H3;6-7H,5H2,1-4H3. The molecule has 1 rings (SSSR count). The molecule has 0 N–H and O–H groups in total. The summed E-state index contributed by atoms with van der Waals surface area (Å²) < 4.78 is 0. The summed E-state index contributed by atoms with van der Waals surface area (Å²) in [5.41, 5.74) is 2.30. The van der Waals surface area contributed by atoms with Gasteiger partial charge >= 0.3 is 0 Å². The Labute approximate surface area is 138 Å². The molecule has 0 saturated carbocycles. The van der Waals surface area contributed by atoms with Crippen molar-refractivity contribution in [2.75, 3.05) is 0 Å². The third-order valence-electron chi connectivity index (χ3n) is 4.22. The van der Waals surface area contributed by atoms with Gasteiger partial charge in [-0.1, -0.05) is 48.0 Å². The van der Waals surface area contributed by atoms with Crippen LogP contribution in [0.4, 0.5) is 0 Å². The molecule has 3 heteroatoms. The van der Waals surface area contributed by atoms with Crippen LogP contribution in [0.25, 0.3) is 0 Å². The van der Waals surface area contributed by atoms with Crippen LogP contribution >= 0.6 is 0 Å². The molecule has 0 spiro atoms. The Morgan fingerprint density at radius 3 is 2.09 bits per heavy atom. The summed E-state index contributed by atoms with van der Waals surface area (Å²) in [6.45, 7) is 16.9. The molecule has 123 valence electrons. The van der Waals surface area contributed by atoms with Gasteiger partial charge in [0.1, 0.15) is 0 Å². The van der Waals surface area contributed by atoms with Gasteiger partial charge in [-0.15, -0.1) is 0 Å². The molecule has 0 saturated heterocycles. The van der Waals surface area contributed by atoms with Gasteiger partial charge in [0, 0.05) is 11.9 Å². The van der Waals surface area contributed by atoms with Crippen molar-refractivity contribution in [2.24, 2.45) is 17.8 Å². The number of rotatable bonds is 6. The Morgan fingerprint density at radius 1 is 1.18 bits per heavy atom. The summed E-state index contributed by atoms with van der Waals surface area (Å²) in [5.74, 6) is 2.39. The zero-order valence-corrected chi connectivity index (χ0v) is 15.7. The van der Waals surface area contributed by atoms with Gasteiger partial charge < -0.3 is 4.79 Å². The molecular formula is C19H33BNO. The van der Waals surface area contributed by atoms with Crippen molar-refractivity contribution in [1.29, 1.82) is 0 Å². The molecule has 0 aliphatic rings. The molecule has 1 aromatic heterocycles. The first-order chi connectivity index (χ1) is 10.2. The van der Waals surface area contributed by atoms with E-state index < -0.39 is 0 Å². The van der Waals surface area contributed by atoms with E-state index in [0.717, 1.165) is 17.5 Å². The molecule has 0 fully saturated rings. The number of aryl methyl sites for hydroxylation is 1. The second-order valence-corrected chi connectivity index (χ2v) is 6.91. The van der Waals surface area contributed by atoms with Crippen molar-refractivity contribution in [3.63, 3.8) is 0 Å². The van der Waals surface area contributed by atoms with Gasteiger partial charge in [0.2, 0.25) is 7.28 Å². The van der Waals surface area contributed by atoms with Gasteiger partial charge in [0.05, 0.1) is 5.68 Å². The predicted octanol–water partition coefficient (Wildman–Crippen LogP) is 5.03. The fourth-order valence-electron chi connectivity index (χ4n) is 2.17. The van der Waals surface area contributed by atoms with Gasteiger partial charge in [0.15, 0.2) is 0 Å². The minimum Gasteiger partial charge on any atom is -0.312 e. The first kappa shape index (κ1) is 20.9. The molecule has 1 heterocycles. The molecule has 1 radical (unpaired) electrons. The average Bonchev–Trinajstić information content (AvgIpc) is 2.43. The molecule has 2 nitrogen and oxygen atoms in total. The summed E-state index contributed by atoms with van der Waals surface area (Å²) >= 11 is 0. The lowest BCUT2D eigenvalue weighted by Crippen LogP contribution is -2.20. The Bertz CT molecular complexity index is 443. The lowest BCUT2D eigenvalue weighted by molar-refractivity contribution is -0.110. The maximum atomic E-state index is 11.1. The van der Waals surface area contributed by atoms with Crippen LogP contribution in [0.3, 0.4) is 0 Å². The second kappa shape index (κ2) is 10.6. The maximum Gasteiger partial charge on any atom is 0.210 e. The largest absolute Gasteiger partial charge is 0.312 e. The van der Waals surface area contributed by atoms with Gasteiger partial charge in [-0.25, -0.2) is 0 Å². The highest BCUT2D eigenvalue weighted by Gasteiger charge is 2.19. The van der Waals surface area contributed by atoms with Crippen LogP contribution in [0, 0.1) is 24.7 Å². The van der Waals surface area contributed by atoms with E-state index in [9.17, 15) is 4.79 Å². The van der Waals surface area contributed by atoms with Gasteiger partial charge in [-0.2, -0.15) is 0 Å². The van der Waals surface area contributed by atoms with Crippen molar-refractivity contribution >= 4 is 13.0 Å². The third kappa shape index (κ3) is 8.36. The van der Waals surface area contributed by atoms with Gasteiger partial charge in [0.25, 0.3) is 0 Å². The third-order valence-corrected chi connectivity index (χ3v) is 4.22. The lowest BCUT2D eigenvalue weighted by atomic mass is 9.55. The minimum atomic E-state index is 0.128. The summed E-state index contributed by atoms with van der Waals surface area (Å²) in [6, 6.07) is 4.03. The van der Waals surface area contributed by atoms with E-state index in [1.165, 1.54) is 12.0 Å². The van der Waals surface area contributed by atoms with E-state index >= 15 is 0 Å². The molecule has 2 unspecified atom stereocenters. The summed E-state index contributed by atoms with van der Waals surface area (Å²) in [4.78, 5) is 15.3. The van der Waals surface area contributed by atoms with Crippen LogP contribution in [-0.2, 0) is 4.79 Å². The number of nitrogens with zero attached hydrogens (tertiary/aromatic N) is 1. The Balaban J connectivity index is 0.000000534. The number of aromatic nitrogens is 1. The fourth-order valence-corrected chi connectivity index (χ4v) is 2.17. The van der Waals surface area contributed by atoms with E-state index in [0.29, 0.717) is 5.92 Å².